The molecule has 192 valence electrons. The van der Waals surface area contributed by atoms with Crippen molar-refractivity contribution in [1.29, 1.82) is 0 Å². The van der Waals surface area contributed by atoms with Gasteiger partial charge in [0, 0.05) is 33.5 Å². The summed E-state index contributed by atoms with van der Waals surface area (Å²) < 4.78 is 30.5. The lowest BCUT2D eigenvalue weighted by atomic mass is 9.83. The summed E-state index contributed by atoms with van der Waals surface area (Å²) in [5.74, 6) is 0. The lowest BCUT2D eigenvalue weighted by Gasteiger charge is -2.40. The van der Waals surface area contributed by atoms with E-state index in [1.54, 1.807) is 0 Å². The molecule has 0 atom stereocenters. The summed E-state index contributed by atoms with van der Waals surface area (Å²) in [6.07, 6.45) is 4.70. The van der Waals surface area contributed by atoms with Gasteiger partial charge in [-0.1, -0.05) is 148 Å². The van der Waals surface area contributed by atoms with Crippen molar-refractivity contribution in [2.24, 2.45) is 5.41 Å². The van der Waals surface area contributed by atoms with E-state index in [1.807, 2.05) is 121 Å². The maximum atomic E-state index is 15.3. The summed E-state index contributed by atoms with van der Waals surface area (Å²) >= 11 is 0. The van der Waals surface area contributed by atoms with Crippen LogP contribution in [0.2, 0.25) is 0 Å². The molecule has 0 aromatic heterocycles. The second-order valence-corrected chi connectivity index (χ2v) is 15.8. The zero-order chi connectivity index (χ0) is 26.2. The highest BCUT2D eigenvalue weighted by Crippen LogP contribution is 2.57. The van der Waals surface area contributed by atoms with Crippen LogP contribution in [0.5, 0.6) is 0 Å². The van der Waals surface area contributed by atoms with Crippen LogP contribution < -0.4 is 21.2 Å². The fraction of sp³-hybridized carbons (Fsp3) is 0.273. The first-order chi connectivity index (χ1) is 18.0. The molecule has 37 heavy (non-hydrogen) atoms. The highest BCUT2D eigenvalue weighted by atomic mass is 31.2. The van der Waals surface area contributed by atoms with E-state index in [0.717, 1.165) is 46.9 Å². The van der Waals surface area contributed by atoms with Gasteiger partial charge in [-0.15, -0.1) is 0 Å². The van der Waals surface area contributed by atoms with Gasteiger partial charge in [-0.2, -0.15) is 0 Å². The minimum Gasteiger partial charge on any atom is -0.314 e. The van der Waals surface area contributed by atoms with Gasteiger partial charge in [-0.3, -0.25) is 0 Å². The molecule has 4 aromatic carbocycles. The van der Waals surface area contributed by atoms with Crippen molar-refractivity contribution in [3.8, 4) is 0 Å². The zero-order valence-electron chi connectivity index (χ0n) is 22.0. The van der Waals surface area contributed by atoms with Crippen LogP contribution in [-0.4, -0.2) is 12.3 Å². The molecule has 0 aliphatic carbocycles. The summed E-state index contributed by atoms with van der Waals surface area (Å²) in [7, 11) is -5.99. The standard InChI is InChI=1S/C33H38O2P2/c1-3-25-33(26-4-2,27-36(34,29-17-9-5-10-18-29)30-19-11-6-12-20-30)28-37(35,31-21-13-7-14-22-31)32-23-15-8-16-24-32/h5-24H,3-4,25-28H2,1-2H3. The Morgan fingerprint density at radius 3 is 0.919 bits per heavy atom. The Morgan fingerprint density at radius 2 is 0.703 bits per heavy atom. The van der Waals surface area contributed by atoms with Crippen LogP contribution >= 0.6 is 14.3 Å². The van der Waals surface area contributed by atoms with Gasteiger partial charge in [-0.05, 0) is 18.3 Å². The molecule has 0 amide bonds. The molecular weight excluding hydrogens is 490 g/mol. The Bertz CT molecular complexity index is 1140. The fourth-order valence-electron chi connectivity index (χ4n) is 5.84. The molecule has 4 aromatic rings. The van der Waals surface area contributed by atoms with Crippen LogP contribution in [0.3, 0.4) is 0 Å². The van der Waals surface area contributed by atoms with Crippen LogP contribution in [0, 0.1) is 5.41 Å². The van der Waals surface area contributed by atoms with E-state index < -0.39 is 14.3 Å². The number of hydrogen-bond donors (Lipinski definition) is 0. The van der Waals surface area contributed by atoms with Crippen molar-refractivity contribution >= 4 is 35.5 Å². The highest BCUT2D eigenvalue weighted by molar-refractivity contribution is 7.79. The van der Waals surface area contributed by atoms with Crippen LogP contribution in [0.4, 0.5) is 0 Å². The minimum atomic E-state index is -3.00. The summed E-state index contributed by atoms with van der Waals surface area (Å²) in [4.78, 5) is 0. The third-order valence-electron chi connectivity index (χ3n) is 7.37. The van der Waals surface area contributed by atoms with Crippen molar-refractivity contribution in [1.82, 2.24) is 0 Å². The van der Waals surface area contributed by atoms with E-state index in [2.05, 4.69) is 13.8 Å². The molecule has 0 N–H and O–H groups in total. The molecule has 0 unspecified atom stereocenters. The van der Waals surface area contributed by atoms with Gasteiger partial charge in [0.25, 0.3) is 0 Å². The Hall–Kier alpha value is -2.66. The molecule has 4 rings (SSSR count). The van der Waals surface area contributed by atoms with Crippen LogP contribution in [0.15, 0.2) is 121 Å². The molecule has 0 spiro atoms. The van der Waals surface area contributed by atoms with Gasteiger partial charge in [0.1, 0.15) is 14.3 Å². The molecule has 2 nitrogen and oxygen atoms in total. The van der Waals surface area contributed by atoms with E-state index in [0.29, 0.717) is 12.3 Å². The monoisotopic (exact) mass is 528 g/mol. The molecule has 0 aliphatic heterocycles. The van der Waals surface area contributed by atoms with Crippen molar-refractivity contribution in [2.45, 2.75) is 39.5 Å². The topological polar surface area (TPSA) is 34.1 Å². The van der Waals surface area contributed by atoms with Crippen molar-refractivity contribution in [2.75, 3.05) is 12.3 Å². The molecule has 0 saturated carbocycles. The molecule has 0 saturated heterocycles. The highest BCUT2D eigenvalue weighted by Gasteiger charge is 2.44. The first-order valence-corrected chi connectivity index (χ1v) is 17.1. The minimum absolute atomic E-state index is 0.341. The molecule has 4 heteroatoms. The normalized spacial score (nSPS) is 12.4. The average molecular weight is 529 g/mol. The van der Waals surface area contributed by atoms with Crippen molar-refractivity contribution < 1.29 is 9.13 Å². The lowest BCUT2D eigenvalue weighted by Crippen LogP contribution is -2.37. The maximum Gasteiger partial charge on any atom is 0.143 e. The van der Waals surface area contributed by atoms with Crippen LogP contribution in [0.25, 0.3) is 0 Å². The van der Waals surface area contributed by atoms with Crippen LogP contribution in [-0.2, 0) is 9.13 Å². The van der Waals surface area contributed by atoms with E-state index in [-0.39, 0.29) is 5.41 Å². The first-order valence-electron chi connectivity index (χ1n) is 13.4. The number of benzene rings is 4. The van der Waals surface area contributed by atoms with Gasteiger partial charge in [0.2, 0.25) is 0 Å². The third kappa shape index (κ3) is 6.09. The predicted molar refractivity (Wildman–Crippen MR) is 161 cm³/mol. The van der Waals surface area contributed by atoms with E-state index in [9.17, 15) is 0 Å². The SMILES string of the molecule is CCCC(CCC)(CP(=O)(c1ccccc1)c1ccccc1)CP(=O)(c1ccccc1)c1ccccc1. The second kappa shape index (κ2) is 12.3. The van der Waals surface area contributed by atoms with E-state index in [4.69, 9.17) is 0 Å². The van der Waals surface area contributed by atoms with Crippen molar-refractivity contribution in [3.05, 3.63) is 121 Å². The van der Waals surface area contributed by atoms with Gasteiger partial charge >= 0.3 is 0 Å². The first kappa shape index (κ1) is 27.4. The molecule has 0 radical (unpaired) electrons. The molecule has 0 fully saturated rings. The lowest BCUT2D eigenvalue weighted by molar-refractivity contribution is 0.307. The van der Waals surface area contributed by atoms with E-state index in [1.165, 1.54) is 0 Å². The van der Waals surface area contributed by atoms with Gasteiger partial charge in [0.05, 0.1) is 0 Å². The van der Waals surface area contributed by atoms with Crippen molar-refractivity contribution in [3.63, 3.8) is 0 Å². The largest absolute Gasteiger partial charge is 0.314 e. The van der Waals surface area contributed by atoms with E-state index >= 15 is 9.13 Å². The summed E-state index contributed by atoms with van der Waals surface area (Å²) in [5.41, 5.74) is -0.341. The maximum absolute atomic E-state index is 15.3. The smallest absolute Gasteiger partial charge is 0.143 e. The Morgan fingerprint density at radius 1 is 0.459 bits per heavy atom. The van der Waals surface area contributed by atoms with Gasteiger partial charge in [0.15, 0.2) is 0 Å². The van der Waals surface area contributed by atoms with Gasteiger partial charge in [-0.25, -0.2) is 0 Å². The Labute approximate surface area is 222 Å². The Kier molecular flexibility index (Phi) is 9.07. The van der Waals surface area contributed by atoms with Gasteiger partial charge < -0.3 is 9.13 Å². The van der Waals surface area contributed by atoms with Crippen LogP contribution in [0.1, 0.15) is 39.5 Å². The third-order valence-corrected chi connectivity index (χ3v) is 14.1. The summed E-state index contributed by atoms with van der Waals surface area (Å²) in [6.45, 7) is 4.38. The molecular formula is C33H38O2P2. The fourth-order valence-corrected chi connectivity index (χ4v) is 12.7. The quantitative estimate of drug-likeness (QED) is 0.178. The molecule has 0 aliphatic rings. The summed E-state index contributed by atoms with van der Waals surface area (Å²) in [5, 5.41) is 3.53. The number of rotatable bonds is 12. The summed E-state index contributed by atoms with van der Waals surface area (Å²) in [6, 6.07) is 39.8. The predicted octanol–water partition coefficient (Wildman–Crippen LogP) is 7.60. The average Bonchev–Trinajstić information content (AvgIpc) is 2.95. The Balaban J connectivity index is 1.89. The second-order valence-electron chi connectivity index (χ2n) is 10.1. The molecule has 0 heterocycles. The number of hydrogen-bond acceptors (Lipinski definition) is 2. The zero-order valence-corrected chi connectivity index (χ0v) is 23.8. The molecule has 0 bridgehead atoms.